The molecule has 0 atom stereocenters. The zero-order chi connectivity index (χ0) is 13.9. The summed E-state index contributed by atoms with van der Waals surface area (Å²) in [6.07, 6.45) is 3.19. The third-order valence-electron chi connectivity index (χ3n) is 3.38. The molecule has 6 nitrogen and oxygen atoms in total. The number of piperidine rings is 1. The summed E-state index contributed by atoms with van der Waals surface area (Å²) in [6.45, 7) is 3.96. The van der Waals surface area contributed by atoms with Crippen LogP contribution in [-0.4, -0.2) is 43.5 Å². The molecule has 1 aliphatic rings. The van der Waals surface area contributed by atoms with Gasteiger partial charge >= 0.3 is 0 Å². The van der Waals surface area contributed by atoms with Gasteiger partial charge in [-0.05, 0) is 25.8 Å². The molecule has 108 valence electrons. The van der Waals surface area contributed by atoms with Crippen molar-refractivity contribution in [2.45, 2.75) is 37.3 Å². The summed E-state index contributed by atoms with van der Waals surface area (Å²) in [5, 5.41) is 0. The minimum absolute atomic E-state index is 0.183. The highest BCUT2D eigenvalue weighted by Gasteiger charge is 2.30. The van der Waals surface area contributed by atoms with Crippen LogP contribution >= 0.6 is 0 Å². The van der Waals surface area contributed by atoms with E-state index in [1.165, 1.54) is 10.5 Å². The van der Waals surface area contributed by atoms with Gasteiger partial charge in [-0.15, -0.1) is 0 Å². The van der Waals surface area contributed by atoms with Crippen LogP contribution in [-0.2, 0) is 21.3 Å². The minimum atomic E-state index is -3.40. The highest BCUT2D eigenvalue weighted by Crippen LogP contribution is 2.22. The Labute approximate surface area is 114 Å². The standard InChI is InChI=1S/C12H21N3O3S/c1-2-18-11-3-5-15(6-4-11)19(16,17)12-7-10(8-13)14-9-12/h7,9,11,14H,2-6,8,13H2,1H3. The highest BCUT2D eigenvalue weighted by atomic mass is 32.2. The van der Waals surface area contributed by atoms with Crippen LogP contribution in [0.25, 0.3) is 0 Å². The van der Waals surface area contributed by atoms with Gasteiger partial charge in [0, 0.05) is 38.1 Å². The molecule has 0 aromatic carbocycles. The number of ether oxygens (including phenoxy) is 1. The maximum Gasteiger partial charge on any atom is 0.244 e. The molecule has 0 spiro atoms. The molecule has 1 fully saturated rings. The number of nitrogens with two attached hydrogens (primary N) is 1. The van der Waals surface area contributed by atoms with Crippen molar-refractivity contribution in [3.8, 4) is 0 Å². The number of aromatic amines is 1. The summed E-state index contributed by atoms with van der Waals surface area (Å²) in [7, 11) is -3.40. The molecule has 1 aromatic rings. The summed E-state index contributed by atoms with van der Waals surface area (Å²) >= 11 is 0. The predicted molar refractivity (Wildman–Crippen MR) is 72.1 cm³/mol. The van der Waals surface area contributed by atoms with Gasteiger partial charge in [-0.1, -0.05) is 0 Å². The van der Waals surface area contributed by atoms with Crippen LogP contribution in [0.3, 0.4) is 0 Å². The van der Waals surface area contributed by atoms with Crippen molar-refractivity contribution in [3.63, 3.8) is 0 Å². The van der Waals surface area contributed by atoms with Crippen LogP contribution in [0.4, 0.5) is 0 Å². The molecule has 0 aliphatic carbocycles. The molecule has 0 unspecified atom stereocenters. The van der Waals surface area contributed by atoms with Crippen molar-refractivity contribution in [2.75, 3.05) is 19.7 Å². The number of nitrogens with zero attached hydrogens (tertiary/aromatic N) is 1. The van der Waals surface area contributed by atoms with Crippen molar-refractivity contribution in [1.82, 2.24) is 9.29 Å². The average Bonchev–Trinajstić information content (AvgIpc) is 2.89. The molecule has 19 heavy (non-hydrogen) atoms. The normalized spacial score (nSPS) is 18.8. The maximum atomic E-state index is 12.4. The van der Waals surface area contributed by atoms with E-state index in [2.05, 4.69) is 4.98 Å². The number of hydrogen-bond donors (Lipinski definition) is 2. The van der Waals surface area contributed by atoms with Gasteiger partial charge in [-0.25, -0.2) is 8.42 Å². The maximum absolute atomic E-state index is 12.4. The Balaban J connectivity index is 2.05. The quantitative estimate of drug-likeness (QED) is 0.833. The van der Waals surface area contributed by atoms with Gasteiger partial charge in [0.2, 0.25) is 10.0 Å². The SMILES string of the molecule is CCOC1CCN(S(=O)(=O)c2c[nH]c(CN)c2)CC1. The second kappa shape index (κ2) is 6.04. The van der Waals surface area contributed by atoms with E-state index in [0.717, 1.165) is 18.5 Å². The highest BCUT2D eigenvalue weighted by molar-refractivity contribution is 7.89. The van der Waals surface area contributed by atoms with E-state index in [-0.39, 0.29) is 6.10 Å². The lowest BCUT2D eigenvalue weighted by Gasteiger charge is -2.30. The first kappa shape index (κ1) is 14.5. The number of sulfonamides is 1. The van der Waals surface area contributed by atoms with E-state index in [1.54, 1.807) is 6.07 Å². The van der Waals surface area contributed by atoms with E-state index in [4.69, 9.17) is 10.5 Å². The van der Waals surface area contributed by atoms with Gasteiger partial charge in [-0.3, -0.25) is 0 Å². The first-order valence-electron chi connectivity index (χ1n) is 6.57. The Morgan fingerprint density at radius 1 is 1.47 bits per heavy atom. The van der Waals surface area contributed by atoms with Gasteiger partial charge in [0.05, 0.1) is 11.0 Å². The van der Waals surface area contributed by atoms with Crippen molar-refractivity contribution < 1.29 is 13.2 Å². The molecule has 1 aliphatic heterocycles. The fourth-order valence-electron chi connectivity index (χ4n) is 2.31. The number of aromatic nitrogens is 1. The molecule has 0 radical (unpaired) electrons. The molecule has 2 rings (SSSR count). The zero-order valence-corrected chi connectivity index (χ0v) is 11.9. The van der Waals surface area contributed by atoms with E-state index < -0.39 is 10.0 Å². The number of H-pyrrole nitrogens is 1. The van der Waals surface area contributed by atoms with Crippen molar-refractivity contribution >= 4 is 10.0 Å². The van der Waals surface area contributed by atoms with Crippen LogP contribution in [0.5, 0.6) is 0 Å². The molecule has 7 heteroatoms. The van der Waals surface area contributed by atoms with Crippen LogP contribution < -0.4 is 5.73 Å². The van der Waals surface area contributed by atoms with Crippen molar-refractivity contribution in [2.24, 2.45) is 5.73 Å². The number of nitrogens with one attached hydrogen (secondary N) is 1. The fourth-order valence-corrected chi connectivity index (χ4v) is 3.80. The third-order valence-corrected chi connectivity index (χ3v) is 5.25. The molecular weight excluding hydrogens is 266 g/mol. The summed E-state index contributed by atoms with van der Waals surface area (Å²) in [4.78, 5) is 3.17. The molecular formula is C12H21N3O3S. The van der Waals surface area contributed by atoms with Crippen LogP contribution in [0.2, 0.25) is 0 Å². The fraction of sp³-hybridized carbons (Fsp3) is 0.667. The molecule has 1 aromatic heterocycles. The summed E-state index contributed by atoms with van der Waals surface area (Å²) in [6, 6.07) is 1.60. The first-order valence-corrected chi connectivity index (χ1v) is 8.01. The predicted octanol–water partition coefficient (Wildman–Crippen LogP) is 0.663. The Morgan fingerprint density at radius 2 is 2.16 bits per heavy atom. The lowest BCUT2D eigenvalue weighted by molar-refractivity contribution is 0.0290. The molecule has 2 heterocycles. The van der Waals surface area contributed by atoms with E-state index in [1.807, 2.05) is 6.92 Å². The lowest BCUT2D eigenvalue weighted by Crippen LogP contribution is -2.40. The zero-order valence-electron chi connectivity index (χ0n) is 11.1. The lowest BCUT2D eigenvalue weighted by atomic mass is 10.1. The largest absolute Gasteiger partial charge is 0.378 e. The van der Waals surface area contributed by atoms with Gasteiger partial charge in [0.25, 0.3) is 0 Å². The minimum Gasteiger partial charge on any atom is -0.378 e. The van der Waals surface area contributed by atoms with Crippen LogP contribution in [0.15, 0.2) is 17.2 Å². The Bertz CT molecular complexity index is 504. The molecule has 0 amide bonds. The monoisotopic (exact) mass is 287 g/mol. The van der Waals surface area contributed by atoms with Gasteiger partial charge in [0.15, 0.2) is 0 Å². The molecule has 3 N–H and O–H groups in total. The van der Waals surface area contributed by atoms with Gasteiger partial charge in [0.1, 0.15) is 0 Å². The average molecular weight is 287 g/mol. The Kier molecular flexibility index (Phi) is 4.62. The Hall–Kier alpha value is -0.890. The summed E-state index contributed by atoms with van der Waals surface area (Å²) in [5.74, 6) is 0. The Morgan fingerprint density at radius 3 is 2.68 bits per heavy atom. The van der Waals surface area contributed by atoms with E-state index >= 15 is 0 Å². The summed E-state index contributed by atoms with van der Waals surface area (Å²) < 4.78 is 31.9. The van der Waals surface area contributed by atoms with Gasteiger partial charge in [-0.2, -0.15) is 4.31 Å². The smallest absolute Gasteiger partial charge is 0.244 e. The van der Waals surface area contributed by atoms with Crippen LogP contribution in [0, 0.1) is 0 Å². The van der Waals surface area contributed by atoms with Crippen molar-refractivity contribution in [1.29, 1.82) is 0 Å². The molecule has 1 saturated heterocycles. The second-order valence-corrected chi connectivity index (χ2v) is 6.56. The molecule has 0 bridgehead atoms. The van der Waals surface area contributed by atoms with E-state index in [0.29, 0.717) is 31.1 Å². The van der Waals surface area contributed by atoms with Gasteiger partial charge < -0.3 is 15.5 Å². The summed E-state index contributed by atoms with van der Waals surface area (Å²) in [5.41, 5.74) is 6.20. The topological polar surface area (TPSA) is 88.4 Å². The van der Waals surface area contributed by atoms with E-state index in [9.17, 15) is 8.42 Å². The number of rotatable bonds is 5. The number of hydrogen-bond acceptors (Lipinski definition) is 4. The third kappa shape index (κ3) is 3.17. The van der Waals surface area contributed by atoms with Crippen molar-refractivity contribution in [3.05, 3.63) is 18.0 Å². The first-order chi connectivity index (χ1) is 9.07. The second-order valence-electron chi connectivity index (χ2n) is 4.62. The van der Waals surface area contributed by atoms with Crippen LogP contribution in [0.1, 0.15) is 25.5 Å². The molecule has 0 saturated carbocycles.